The molecule has 1 fully saturated rings. The van der Waals surface area contributed by atoms with Gasteiger partial charge in [-0.2, -0.15) is 0 Å². The first-order chi connectivity index (χ1) is 11.0. The molecule has 0 saturated carbocycles. The van der Waals surface area contributed by atoms with Gasteiger partial charge in [-0.3, -0.25) is 0 Å². The summed E-state index contributed by atoms with van der Waals surface area (Å²) in [7, 11) is -3.43. The Kier molecular flexibility index (Phi) is 6.87. The minimum Gasteiger partial charge on any atom is -0.494 e. The van der Waals surface area contributed by atoms with E-state index in [4.69, 9.17) is 4.74 Å². The summed E-state index contributed by atoms with van der Waals surface area (Å²) in [6.07, 6.45) is 2.99. The van der Waals surface area contributed by atoms with Crippen molar-refractivity contribution in [1.29, 1.82) is 0 Å². The molecular weight excluding hydrogens is 312 g/mol. The van der Waals surface area contributed by atoms with Crippen LogP contribution in [0.25, 0.3) is 0 Å². The summed E-state index contributed by atoms with van der Waals surface area (Å²) < 4.78 is 32.8. The van der Waals surface area contributed by atoms with Crippen LogP contribution in [0, 0.1) is 11.8 Å². The molecule has 1 unspecified atom stereocenters. The zero-order valence-electron chi connectivity index (χ0n) is 14.0. The molecule has 1 aliphatic heterocycles. The Hall–Kier alpha value is -1.11. The summed E-state index contributed by atoms with van der Waals surface area (Å²) in [5, 5.41) is 3.29. The van der Waals surface area contributed by atoms with E-state index < -0.39 is 10.0 Å². The summed E-state index contributed by atoms with van der Waals surface area (Å²) in [5.74, 6) is 1.88. The van der Waals surface area contributed by atoms with Crippen molar-refractivity contribution in [3.63, 3.8) is 0 Å². The van der Waals surface area contributed by atoms with E-state index in [1.165, 1.54) is 0 Å². The van der Waals surface area contributed by atoms with Crippen molar-refractivity contribution in [3.8, 4) is 5.75 Å². The molecule has 1 aliphatic rings. The molecule has 5 nitrogen and oxygen atoms in total. The first-order valence-electron chi connectivity index (χ1n) is 8.40. The van der Waals surface area contributed by atoms with Crippen LogP contribution in [0.4, 0.5) is 0 Å². The van der Waals surface area contributed by atoms with Gasteiger partial charge in [0.2, 0.25) is 10.0 Å². The standard InChI is InChI=1S/C17H28N2O3S/c1-14(2)9-12-22-16-3-5-17(6-4-16)23(20,21)19-11-8-15-7-10-18-13-15/h3-6,14-15,18-19H,7-13H2,1-2H3. The molecule has 2 N–H and O–H groups in total. The first-order valence-corrected chi connectivity index (χ1v) is 9.89. The number of sulfonamides is 1. The lowest BCUT2D eigenvalue weighted by atomic mass is 10.1. The zero-order valence-corrected chi connectivity index (χ0v) is 14.9. The van der Waals surface area contributed by atoms with Gasteiger partial charge in [-0.15, -0.1) is 0 Å². The quantitative estimate of drug-likeness (QED) is 0.724. The average Bonchev–Trinajstić information content (AvgIpc) is 3.00. The average molecular weight is 340 g/mol. The Balaban J connectivity index is 1.81. The summed E-state index contributed by atoms with van der Waals surface area (Å²) in [6, 6.07) is 6.64. The maximum atomic E-state index is 12.3. The minimum atomic E-state index is -3.43. The third-order valence-corrected chi connectivity index (χ3v) is 5.58. The largest absolute Gasteiger partial charge is 0.494 e. The van der Waals surface area contributed by atoms with Crippen molar-refractivity contribution in [2.24, 2.45) is 11.8 Å². The van der Waals surface area contributed by atoms with Crippen LogP contribution in [-0.4, -0.2) is 34.7 Å². The molecule has 0 amide bonds. The number of hydrogen-bond acceptors (Lipinski definition) is 4. The van der Waals surface area contributed by atoms with Crippen molar-refractivity contribution in [1.82, 2.24) is 10.0 Å². The molecule has 6 heteroatoms. The molecule has 130 valence electrons. The van der Waals surface area contributed by atoms with E-state index in [2.05, 4.69) is 23.9 Å². The van der Waals surface area contributed by atoms with Gasteiger partial charge in [-0.1, -0.05) is 13.8 Å². The van der Waals surface area contributed by atoms with Gasteiger partial charge in [-0.05, 0) is 68.5 Å². The maximum Gasteiger partial charge on any atom is 0.240 e. The molecule has 1 aromatic carbocycles. The van der Waals surface area contributed by atoms with Crippen LogP contribution in [0.1, 0.15) is 33.1 Å². The third-order valence-electron chi connectivity index (χ3n) is 4.11. The van der Waals surface area contributed by atoms with E-state index in [1.807, 2.05) is 0 Å². The monoisotopic (exact) mass is 340 g/mol. The van der Waals surface area contributed by atoms with Gasteiger partial charge in [0.05, 0.1) is 11.5 Å². The second kappa shape index (κ2) is 8.66. The highest BCUT2D eigenvalue weighted by Gasteiger charge is 2.17. The molecule has 0 radical (unpaired) electrons. The molecule has 1 aromatic rings. The fraction of sp³-hybridized carbons (Fsp3) is 0.647. The highest BCUT2D eigenvalue weighted by Crippen LogP contribution is 2.17. The van der Waals surface area contributed by atoms with E-state index >= 15 is 0 Å². The van der Waals surface area contributed by atoms with Crippen molar-refractivity contribution >= 4 is 10.0 Å². The van der Waals surface area contributed by atoms with Crippen molar-refractivity contribution in [2.75, 3.05) is 26.2 Å². The summed E-state index contributed by atoms with van der Waals surface area (Å²) >= 11 is 0. The van der Waals surface area contributed by atoms with Crippen LogP contribution in [-0.2, 0) is 10.0 Å². The minimum absolute atomic E-state index is 0.290. The van der Waals surface area contributed by atoms with Gasteiger partial charge in [0.15, 0.2) is 0 Å². The summed E-state index contributed by atoms with van der Waals surface area (Å²) in [5.41, 5.74) is 0. The van der Waals surface area contributed by atoms with Crippen LogP contribution in [0.5, 0.6) is 5.75 Å². The van der Waals surface area contributed by atoms with Crippen molar-refractivity contribution in [3.05, 3.63) is 24.3 Å². The number of nitrogens with one attached hydrogen (secondary N) is 2. The Morgan fingerprint density at radius 3 is 2.65 bits per heavy atom. The highest BCUT2D eigenvalue weighted by atomic mass is 32.2. The highest BCUT2D eigenvalue weighted by molar-refractivity contribution is 7.89. The van der Waals surface area contributed by atoms with Crippen molar-refractivity contribution < 1.29 is 13.2 Å². The Bertz CT molecular complexity index is 564. The lowest BCUT2D eigenvalue weighted by molar-refractivity contribution is 0.289. The van der Waals surface area contributed by atoms with Crippen LogP contribution in [0.2, 0.25) is 0 Å². The molecule has 0 spiro atoms. The Labute approximate surface area is 139 Å². The van der Waals surface area contributed by atoms with Gasteiger partial charge in [0.1, 0.15) is 5.75 Å². The fourth-order valence-electron chi connectivity index (χ4n) is 2.57. The summed E-state index contributed by atoms with van der Waals surface area (Å²) in [4.78, 5) is 0.290. The fourth-order valence-corrected chi connectivity index (χ4v) is 3.62. The third kappa shape index (κ3) is 6.12. The molecule has 0 aromatic heterocycles. The van der Waals surface area contributed by atoms with Gasteiger partial charge < -0.3 is 10.1 Å². The van der Waals surface area contributed by atoms with E-state index in [1.54, 1.807) is 24.3 Å². The summed E-state index contributed by atoms with van der Waals surface area (Å²) in [6.45, 7) is 7.46. The number of rotatable bonds is 9. The molecule has 1 saturated heterocycles. The number of hydrogen-bond donors (Lipinski definition) is 2. The number of benzene rings is 1. The van der Waals surface area contributed by atoms with Crippen LogP contribution in [0.3, 0.4) is 0 Å². The number of ether oxygens (including phenoxy) is 1. The van der Waals surface area contributed by atoms with Crippen LogP contribution >= 0.6 is 0 Å². The SMILES string of the molecule is CC(C)CCOc1ccc(S(=O)(=O)NCCC2CCNC2)cc1. The Morgan fingerprint density at radius 1 is 1.30 bits per heavy atom. The molecule has 1 atom stereocenters. The molecule has 23 heavy (non-hydrogen) atoms. The van der Waals surface area contributed by atoms with Crippen LogP contribution in [0.15, 0.2) is 29.2 Å². The van der Waals surface area contributed by atoms with E-state index in [0.717, 1.165) is 32.4 Å². The maximum absolute atomic E-state index is 12.3. The van der Waals surface area contributed by atoms with E-state index in [0.29, 0.717) is 35.6 Å². The molecular formula is C17H28N2O3S. The molecule has 2 rings (SSSR count). The lowest BCUT2D eigenvalue weighted by Gasteiger charge is -2.11. The van der Waals surface area contributed by atoms with Crippen molar-refractivity contribution in [2.45, 2.75) is 38.0 Å². The zero-order chi connectivity index (χ0) is 16.7. The van der Waals surface area contributed by atoms with E-state index in [9.17, 15) is 8.42 Å². The van der Waals surface area contributed by atoms with Gasteiger partial charge >= 0.3 is 0 Å². The predicted molar refractivity (Wildman–Crippen MR) is 92.2 cm³/mol. The van der Waals surface area contributed by atoms with Gasteiger partial charge in [0.25, 0.3) is 0 Å². The van der Waals surface area contributed by atoms with Crippen LogP contribution < -0.4 is 14.8 Å². The second-order valence-electron chi connectivity index (χ2n) is 6.55. The van der Waals surface area contributed by atoms with Gasteiger partial charge in [0, 0.05) is 6.54 Å². The van der Waals surface area contributed by atoms with E-state index in [-0.39, 0.29) is 0 Å². The normalized spacial score (nSPS) is 18.5. The first kappa shape index (κ1) is 18.2. The lowest BCUT2D eigenvalue weighted by Crippen LogP contribution is -2.26. The molecule has 0 aliphatic carbocycles. The molecule has 1 heterocycles. The Morgan fingerprint density at radius 2 is 2.04 bits per heavy atom. The molecule has 0 bridgehead atoms. The topological polar surface area (TPSA) is 67.4 Å². The second-order valence-corrected chi connectivity index (χ2v) is 8.31. The van der Waals surface area contributed by atoms with Gasteiger partial charge in [-0.25, -0.2) is 13.1 Å². The smallest absolute Gasteiger partial charge is 0.240 e. The predicted octanol–water partition coefficient (Wildman–Crippen LogP) is 2.39.